The molecule has 0 radical (unpaired) electrons. The van der Waals surface area contributed by atoms with Crippen molar-refractivity contribution in [2.24, 2.45) is 11.8 Å². The second-order valence-corrected chi connectivity index (χ2v) is 11.1. The minimum absolute atomic E-state index is 0.0671. The van der Waals surface area contributed by atoms with E-state index in [1.807, 2.05) is 31.2 Å². The van der Waals surface area contributed by atoms with Gasteiger partial charge in [-0.1, -0.05) is 35.9 Å². The molecular formula is C29H35ClN2O6. The molecule has 1 unspecified atom stereocenters. The van der Waals surface area contributed by atoms with Gasteiger partial charge in [0, 0.05) is 30.4 Å². The van der Waals surface area contributed by atoms with E-state index < -0.39 is 35.0 Å². The minimum Gasteiger partial charge on any atom is -0.465 e. The molecule has 4 heterocycles. The van der Waals surface area contributed by atoms with Crippen LogP contribution >= 0.6 is 11.6 Å². The van der Waals surface area contributed by atoms with Gasteiger partial charge in [0.05, 0.1) is 18.1 Å². The lowest BCUT2D eigenvalue weighted by atomic mass is 9.74. The highest BCUT2D eigenvalue weighted by Gasteiger charge is 2.74. The van der Waals surface area contributed by atoms with Gasteiger partial charge in [0.2, 0.25) is 5.91 Å². The van der Waals surface area contributed by atoms with Crippen molar-refractivity contribution in [3.05, 3.63) is 53.6 Å². The Balaban J connectivity index is 1.59. The first-order valence-corrected chi connectivity index (χ1v) is 13.9. The van der Waals surface area contributed by atoms with Crippen molar-refractivity contribution < 1.29 is 29.0 Å². The predicted molar refractivity (Wildman–Crippen MR) is 143 cm³/mol. The fraction of sp³-hybridized carbons (Fsp3) is 0.552. The van der Waals surface area contributed by atoms with Crippen LogP contribution in [0.15, 0.2) is 48.6 Å². The molecular weight excluding hydrogens is 508 g/mol. The number of likely N-dealkylation sites (tertiary alicyclic amines) is 1. The van der Waals surface area contributed by atoms with Crippen molar-refractivity contribution in [3.63, 3.8) is 0 Å². The van der Waals surface area contributed by atoms with E-state index in [0.29, 0.717) is 49.7 Å². The standard InChI is InChI=1S/C29H35ClN2O6/c1-28-14-5-2-3-8-19-37-27(36)23(28)22-25(34)32(16-6-4-7-18-33)24-26(35)31(17-9-15-29(22,24)38-28)21-12-10-20(30)11-13-21/h5,9-15,22-24,33H,2-4,6-8,16-19H2,1H3/b14-5-/t22-,23-,24?,28+,29-/m0/s1. The molecule has 0 bridgehead atoms. The van der Waals surface area contributed by atoms with E-state index in [9.17, 15) is 19.5 Å². The molecule has 1 N–H and O–H groups in total. The van der Waals surface area contributed by atoms with Crippen LogP contribution in [0.1, 0.15) is 45.4 Å². The first-order valence-electron chi connectivity index (χ1n) is 13.5. The zero-order chi connectivity index (χ0) is 26.9. The summed E-state index contributed by atoms with van der Waals surface area (Å²) in [6.45, 7) is 2.80. The van der Waals surface area contributed by atoms with E-state index in [2.05, 4.69) is 0 Å². The summed E-state index contributed by atoms with van der Waals surface area (Å²) in [7, 11) is 0. The quantitative estimate of drug-likeness (QED) is 0.335. The third kappa shape index (κ3) is 4.56. The maximum atomic E-state index is 14.3. The van der Waals surface area contributed by atoms with E-state index in [1.165, 1.54) is 0 Å². The van der Waals surface area contributed by atoms with E-state index >= 15 is 0 Å². The molecule has 1 aromatic carbocycles. The van der Waals surface area contributed by atoms with Gasteiger partial charge in [0.25, 0.3) is 5.91 Å². The molecule has 204 valence electrons. The summed E-state index contributed by atoms with van der Waals surface area (Å²) in [6, 6.07) is 6.07. The minimum atomic E-state index is -1.32. The monoisotopic (exact) mass is 542 g/mol. The number of aliphatic hydroxyl groups excluding tert-OH is 1. The third-order valence-electron chi connectivity index (χ3n) is 8.20. The van der Waals surface area contributed by atoms with Crippen LogP contribution in [-0.2, 0) is 23.9 Å². The predicted octanol–water partition coefficient (Wildman–Crippen LogP) is 3.66. The van der Waals surface area contributed by atoms with Crippen molar-refractivity contribution in [1.29, 1.82) is 0 Å². The number of hydrogen-bond donors (Lipinski definition) is 1. The van der Waals surface area contributed by atoms with Crippen LogP contribution in [0.25, 0.3) is 0 Å². The molecule has 0 aliphatic carbocycles. The van der Waals surface area contributed by atoms with Gasteiger partial charge in [0.1, 0.15) is 17.6 Å². The summed E-state index contributed by atoms with van der Waals surface area (Å²) < 4.78 is 12.5. The number of aliphatic hydroxyl groups is 1. The van der Waals surface area contributed by atoms with Gasteiger partial charge >= 0.3 is 5.97 Å². The second-order valence-electron chi connectivity index (χ2n) is 10.7. The molecule has 2 amide bonds. The zero-order valence-electron chi connectivity index (χ0n) is 21.7. The molecule has 1 aromatic rings. The number of unbranched alkanes of at least 4 members (excludes halogenated alkanes) is 2. The molecule has 4 aliphatic heterocycles. The van der Waals surface area contributed by atoms with Gasteiger partial charge in [-0.15, -0.1) is 0 Å². The third-order valence-corrected chi connectivity index (χ3v) is 8.45. The van der Waals surface area contributed by atoms with Crippen LogP contribution < -0.4 is 4.90 Å². The van der Waals surface area contributed by atoms with Crippen molar-refractivity contribution >= 4 is 35.1 Å². The number of amides is 2. The molecule has 2 saturated heterocycles. The molecule has 38 heavy (non-hydrogen) atoms. The number of cyclic esters (lactones) is 1. The van der Waals surface area contributed by atoms with Gasteiger partial charge in [0.15, 0.2) is 0 Å². The zero-order valence-corrected chi connectivity index (χ0v) is 22.4. The number of esters is 1. The van der Waals surface area contributed by atoms with Gasteiger partial charge < -0.3 is 24.4 Å². The van der Waals surface area contributed by atoms with Crippen molar-refractivity contribution in [2.75, 3.05) is 31.2 Å². The van der Waals surface area contributed by atoms with E-state index in [4.69, 9.17) is 21.1 Å². The van der Waals surface area contributed by atoms with Crippen molar-refractivity contribution in [1.82, 2.24) is 4.90 Å². The highest BCUT2D eigenvalue weighted by Crippen LogP contribution is 2.57. The van der Waals surface area contributed by atoms with Gasteiger partial charge in [-0.25, -0.2) is 0 Å². The number of hydrogen-bond acceptors (Lipinski definition) is 6. The largest absolute Gasteiger partial charge is 0.465 e. The smallest absolute Gasteiger partial charge is 0.313 e. The Bertz CT molecular complexity index is 1140. The Morgan fingerprint density at radius 2 is 1.79 bits per heavy atom. The number of rotatable bonds is 6. The Kier molecular flexibility index (Phi) is 7.67. The van der Waals surface area contributed by atoms with E-state index in [0.717, 1.165) is 19.3 Å². The summed E-state index contributed by atoms with van der Waals surface area (Å²) >= 11 is 6.10. The maximum Gasteiger partial charge on any atom is 0.313 e. The average Bonchev–Trinajstić information content (AvgIpc) is 3.22. The SMILES string of the molecule is C[C@@]12/C=C\CCCCOC(=O)[C@@H]1[C@H]1C(=O)N(CCCCCO)C3C(=O)N(c4ccc(Cl)cc4)CC=C[C@@]31O2. The summed E-state index contributed by atoms with van der Waals surface area (Å²) in [5.74, 6) is -2.77. The van der Waals surface area contributed by atoms with Gasteiger partial charge in [-0.05, 0) is 69.7 Å². The Hall–Kier alpha value is -2.68. The molecule has 0 saturated carbocycles. The van der Waals surface area contributed by atoms with Crippen LogP contribution in [0.5, 0.6) is 0 Å². The highest BCUT2D eigenvalue weighted by molar-refractivity contribution is 6.30. The molecule has 9 heteroatoms. The lowest BCUT2D eigenvalue weighted by molar-refractivity contribution is -0.158. The first kappa shape index (κ1) is 26.9. The first-order chi connectivity index (χ1) is 18.3. The molecule has 5 atom stereocenters. The fourth-order valence-electron chi connectivity index (χ4n) is 6.46. The average molecular weight is 543 g/mol. The number of carbonyl (C=O) groups excluding carboxylic acids is 3. The number of fused-ring (bicyclic) bond motifs is 2. The summed E-state index contributed by atoms with van der Waals surface area (Å²) in [4.78, 5) is 45.3. The van der Waals surface area contributed by atoms with E-state index in [-0.39, 0.29) is 18.4 Å². The summed E-state index contributed by atoms with van der Waals surface area (Å²) in [5, 5.41) is 9.79. The molecule has 1 spiro atoms. The van der Waals surface area contributed by atoms with Crippen LogP contribution in [0.3, 0.4) is 0 Å². The second kappa shape index (κ2) is 10.8. The maximum absolute atomic E-state index is 14.3. The normalized spacial score (nSPS) is 33.9. The van der Waals surface area contributed by atoms with Crippen LogP contribution in [0, 0.1) is 11.8 Å². The number of halogens is 1. The number of benzene rings is 1. The number of anilines is 1. The molecule has 8 nitrogen and oxygen atoms in total. The van der Waals surface area contributed by atoms with Crippen LogP contribution in [-0.4, -0.2) is 71.3 Å². The highest BCUT2D eigenvalue weighted by atomic mass is 35.5. The number of nitrogens with zero attached hydrogens (tertiary/aromatic N) is 2. The Morgan fingerprint density at radius 3 is 2.55 bits per heavy atom. The summed E-state index contributed by atoms with van der Waals surface area (Å²) in [6.07, 6.45) is 12.0. The van der Waals surface area contributed by atoms with Crippen molar-refractivity contribution in [3.8, 4) is 0 Å². The molecule has 2 fully saturated rings. The summed E-state index contributed by atoms with van der Waals surface area (Å²) in [5.41, 5.74) is -1.75. The van der Waals surface area contributed by atoms with Crippen LogP contribution in [0.2, 0.25) is 5.02 Å². The lowest BCUT2D eigenvalue weighted by Crippen LogP contribution is -2.56. The van der Waals surface area contributed by atoms with Crippen molar-refractivity contribution in [2.45, 2.75) is 62.7 Å². The number of allylic oxidation sites excluding steroid dienone is 1. The molecule has 5 rings (SSSR count). The van der Waals surface area contributed by atoms with Crippen LogP contribution in [0.4, 0.5) is 5.69 Å². The van der Waals surface area contributed by atoms with Gasteiger partial charge in [-0.2, -0.15) is 0 Å². The Labute approximate surface area is 228 Å². The van der Waals surface area contributed by atoms with E-state index in [1.54, 1.807) is 34.1 Å². The molecule has 4 aliphatic rings. The topological polar surface area (TPSA) is 96.4 Å². The Morgan fingerprint density at radius 1 is 1.00 bits per heavy atom. The lowest BCUT2D eigenvalue weighted by Gasteiger charge is -2.37. The molecule has 0 aromatic heterocycles. The number of ether oxygens (including phenoxy) is 2. The fourth-order valence-corrected chi connectivity index (χ4v) is 6.59. The number of carbonyl (C=O) groups is 3. The van der Waals surface area contributed by atoms with Gasteiger partial charge in [-0.3, -0.25) is 14.4 Å².